The summed E-state index contributed by atoms with van der Waals surface area (Å²) in [5.74, 6) is 0. The van der Waals surface area contributed by atoms with E-state index in [1.165, 1.54) is 10.8 Å². The Morgan fingerprint density at radius 2 is 1.73 bits per heavy atom. The number of hydrogen-bond donors (Lipinski definition) is 1. The Kier molecular flexibility index (Phi) is 6.84. The molecule has 3 aromatic rings. The maximum Gasteiger partial charge on any atom is 0.330 e. The van der Waals surface area contributed by atoms with Crippen molar-refractivity contribution in [2.45, 2.75) is 44.5 Å². The summed E-state index contributed by atoms with van der Waals surface area (Å²) in [5, 5.41) is 9.20. The van der Waals surface area contributed by atoms with Crippen LogP contribution in [0.4, 0.5) is 0 Å². The summed E-state index contributed by atoms with van der Waals surface area (Å²) in [4.78, 5) is 26.4. The van der Waals surface area contributed by atoms with Crippen LogP contribution in [-0.2, 0) is 27.4 Å². The van der Waals surface area contributed by atoms with Crippen molar-refractivity contribution in [3.05, 3.63) is 104 Å². The van der Waals surface area contributed by atoms with Crippen LogP contribution < -0.4 is 11.2 Å². The summed E-state index contributed by atoms with van der Waals surface area (Å²) in [6, 6.07) is 21.4. The minimum atomic E-state index is -0.851. The van der Waals surface area contributed by atoms with Gasteiger partial charge in [0.1, 0.15) is 23.5 Å². The van der Waals surface area contributed by atoms with Crippen LogP contribution in [0.2, 0.25) is 0 Å². The third-order valence-corrected chi connectivity index (χ3v) is 5.69. The number of aromatic amines is 1. The average Bonchev–Trinajstić information content (AvgIpc) is 3.15. The topological polar surface area (TPSA) is 106 Å². The quantitative estimate of drug-likeness (QED) is 0.569. The molecule has 2 heterocycles. The highest BCUT2D eigenvalue weighted by Gasteiger charge is 2.47. The monoisotopic (exact) mass is 447 g/mol. The van der Waals surface area contributed by atoms with E-state index in [4.69, 9.17) is 14.2 Å². The van der Waals surface area contributed by atoms with Crippen molar-refractivity contribution in [2.75, 3.05) is 6.61 Å². The molecule has 0 bridgehead atoms. The van der Waals surface area contributed by atoms with Crippen molar-refractivity contribution in [2.24, 2.45) is 0 Å². The maximum absolute atomic E-state index is 12.4. The molecule has 1 aliphatic rings. The van der Waals surface area contributed by atoms with Crippen LogP contribution >= 0.6 is 0 Å². The summed E-state index contributed by atoms with van der Waals surface area (Å²) < 4.78 is 19.7. The van der Waals surface area contributed by atoms with E-state index in [1.54, 1.807) is 6.07 Å². The van der Waals surface area contributed by atoms with E-state index in [2.05, 4.69) is 4.98 Å². The zero-order valence-corrected chi connectivity index (χ0v) is 18.3. The molecule has 1 fully saturated rings. The second-order valence-electron chi connectivity index (χ2n) is 8.21. The van der Waals surface area contributed by atoms with E-state index in [0.717, 1.165) is 11.1 Å². The molecule has 1 saturated heterocycles. The fourth-order valence-electron chi connectivity index (χ4n) is 3.90. The number of nitrogens with zero attached hydrogens (tertiary/aromatic N) is 2. The second kappa shape index (κ2) is 9.96. The molecule has 1 aromatic heterocycles. The Morgan fingerprint density at radius 3 is 2.36 bits per heavy atom. The molecule has 8 heteroatoms. The molecule has 4 rings (SSSR count). The first kappa shape index (κ1) is 22.7. The fourth-order valence-corrected chi connectivity index (χ4v) is 3.90. The van der Waals surface area contributed by atoms with Gasteiger partial charge in [0.15, 0.2) is 0 Å². The molecule has 0 saturated carbocycles. The summed E-state index contributed by atoms with van der Waals surface area (Å²) in [5.41, 5.74) is -0.317. The van der Waals surface area contributed by atoms with Crippen molar-refractivity contribution in [1.29, 1.82) is 5.26 Å². The molecule has 3 atom stereocenters. The Balaban J connectivity index is 1.54. The molecule has 33 heavy (non-hydrogen) atoms. The lowest BCUT2D eigenvalue weighted by Gasteiger charge is -2.30. The standard InChI is InChI=1S/C25H25N3O5/c1-25(17-31-15-18-8-4-2-5-9-18)21(32-16-19-10-6-3-7-11-19)12-22(33-25)28-14-20(13-26)23(29)27-24(28)30/h2-11,14,21-22H,12,15-17H2,1H3,(H,27,29,30)/t21-,22+,25+/m0/s1. The van der Waals surface area contributed by atoms with Crippen LogP contribution in [0.5, 0.6) is 0 Å². The summed E-state index contributed by atoms with van der Waals surface area (Å²) in [6.07, 6.45) is 0.487. The normalized spacial score (nSPS) is 22.2. The molecular weight excluding hydrogens is 422 g/mol. The van der Waals surface area contributed by atoms with Crippen molar-refractivity contribution < 1.29 is 14.2 Å². The molecule has 0 radical (unpaired) electrons. The third-order valence-electron chi connectivity index (χ3n) is 5.69. The van der Waals surface area contributed by atoms with Crippen LogP contribution in [0.1, 0.15) is 36.3 Å². The molecule has 0 unspecified atom stereocenters. The lowest BCUT2D eigenvalue weighted by molar-refractivity contribution is -0.146. The molecule has 0 amide bonds. The second-order valence-corrected chi connectivity index (χ2v) is 8.21. The first-order valence-corrected chi connectivity index (χ1v) is 10.7. The number of ether oxygens (including phenoxy) is 3. The van der Waals surface area contributed by atoms with Gasteiger partial charge in [-0.1, -0.05) is 60.7 Å². The van der Waals surface area contributed by atoms with E-state index >= 15 is 0 Å². The third kappa shape index (κ3) is 5.29. The van der Waals surface area contributed by atoms with Crippen molar-refractivity contribution in [1.82, 2.24) is 9.55 Å². The van der Waals surface area contributed by atoms with E-state index in [0.29, 0.717) is 19.6 Å². The molecule has 8 nitrogen and oxygen atoms in total. The number of rotatable bonds is 8. The molecule has 2 aromatic carbocycles. The van der Waals surface area contributed by atoms with E-state index in [1.807, 2.05) is 67.6 Å². The number of aromatic nitrogens is 2. The van der Waals surface area contributed by atoms with Gasteiger partial charge in [-0.2, -0.15) is 5.26 Å². The van der Waals surface area contributed by atoms with Crippen LogP contribution in [0.3, 0.4) is 0 Å². The van der Waals surface area contributed by atoms with E-state index in [9.17, 15) is 14.9 Å². The van der Waals surface area contributed by atoms with Gasteiger partial charge in [0.2, 0.25) is 0 Å². The first-order valence-electron chi connectivity index (χ1n) is 10.7. The zero-order chi connectivity index (χ0) is 23.3. The lowest BCUT2D eigenvalue weighted by Crippen LogP contribution is -2.42. The molecule has 0 aliphatic carbocycles. The SMILES string of the molecule is C[C@]1(COCc2ccccc2)O[C@@H](n2cc(C#N)c(=O)[nH]c2=O)C[C@@H]1OCc1ccccc1. The van der Waals surface area contributed by atoms with Crippen LogP contribution in [0, 0.1) is 11.3 Å². The van der Waals surface area contributed by atoms with E-state index in [-0.39, 0.29) is 18.3 Å². The first-order chi connectivity index (χ1) is 16.0. The smallest absolute Gasteiger partial charge is 0.330 e. The summed E-state index contributed by atoms with van der Waals surface area (Å²) in [6.45, 7) is 2.91. The molecule has 1 aliphatic heterocycles. The Bertz CT molecular complexity index is 1230. The Labute approximate surface area is 191 Å². The van der Waals surface area contributed by atoms with Crippen LogP contribution in [-0.4, -0.2) is 27.9 Å². The fraction of sp³-hybridized carbons (Fsp3) is 0.320. The van der Waals surface area contributed by atoms with Gasteiger partial charge in [0.25, 0.3) is 5.56 Å². The van der Waals surface area contributed by atoms with Gasteiger partial charge in [-0.3, -0.25) is 14.3 Å². The average molecular weight is 447 g/mol. The van der Waals surface area contributed by atoms with Crippen LogP contribution in [0.25, 0.3) is 0 Å². The van der Waals surface area contributed by atoms with Gasteiger partial charge in [-0.05, 0) is 18.1 Å². The van der Waals surface area contributed by atoms with Gasteiger partial charge < -0.3 is 14.2 Å². The predicted octanol–water partition coefficient (Wildman–Crippen LogP) is 2.89. The minimum absolute atomic E-state index is 0.158. The number of nitrogens with one attached hydrogen (secondary N) is 1. The van der Waals surface area contributed by atoms with Crippen molar-refractivity contribution >= 4 is 0 Å². The molecular formula is C25H25N3O5. The Hall–Kier alpha value is -3.51. The van der Waals surface area contributed by atoms with Gasteiger partial charge in [0.05, 0.1) is 25.9 Å². The molecule has 0 spiro atoms. The summed E-state index contributed by atoms with van der Waals surface area (Å²) >= 11 is 0. The maximum atomic E-state index is 12.4. The van der Waals surface area contributed by atoms with Crippen molar-refractivity contribution in [3.63, 3.8) is 0 Å². The number of hydrogen-bond acceptors (Lipinski definition) is 6. The van der Waals surface area contributed by atoms with Gasteiger partial charge >= 0.3 is 5.69 Å². The molecule has 1 N–H and O–H groups in total. The van der Waals surface area contributed by atoms with Crippen molar-refractivity contribution in [3.8, 4) is 6.07 Å². The Morgan fingerprint density at radius 1 is 1.09 bits per heavy atom. The zero-order valence-electron chi connectivity index (χ0n) is 18.3. The highest BCUT2D eigenvalue weighted by Crippen LogP contribution is 2.38. The predicted molar refractivity (Wildman–Crippen MR) is 120 cm³/mol. The minimum Gasteiger partial charge on any atom is -0.374 e. The van der Waals surface area contributed by atoms with Gasteiger partial charge in [0, 0.05) is 12.6 Å². The number of H-pyrrole nitrogens is 1. The lowest BCUT2D eigenvalue weighted by atomic mass is 10.00. The number of nitriles is 1. The van der Waals surface area contributed by atoms with Crippen LogP contribution in [0.15, 0.2) is 76.4 Å². The number of benzene rings is 2. The van der Waals surface area contributed by atoms with Gasteiger partial charge in [-0.15, -0.1) is 0 Å². The highest BCUT2D eigenvalue weighted by atomic mass is 16.6. The van der Waals surface area contributed by atoms with E-state index < -0.39 is 23.1 Å². The molecule has 170 valence electrons. The largest absolute Gasteiger partial charge is 0.374 e. The summed E-state index contributed by atoms with van der Waals surface area (Å²) in [7, 11) is 0. The highest BCUT2D eigenvalue weighted by molar-refractivity contribution is 5.22. The van der Waals surface area contributed by atoms with Gasteiger partial charge in [-0.25, -0.2) is 4.79 Å².